The highest BCUT2D eigenvalue weighted by Crippen LogP contribution is 2.41. The summed E-state index contributed by atoms with van der Waals surface area (Å²) in [7, 11) is 1.62. The lowest BCUT2D eigenvalue weighted by Crippen LogP contribution is -2.53. The van der Waals surface area contributed by atoms with Gasteiger partial charge in [-0.1, -0.05) is 6.07 Å². The second-order valence-electron chi connectivity index (χ2n) is 5.11. The maximum absolute atomic E-state index is 11.5. The van der Waals surface area contributed by atoms with Gasteiger partial charge in [0.05, 0.1) is 12.5 Å². The standard InChI is InChI=1S/C14H18O3/c1-9-5-6-10(11(7-9)16-4)17-13-8-12(15)14(13,2)3/h5-7,13H,8H2,1-4H3. The number of ether oxygens (including phenoxy) is 2. The second-order valence-corrected chi connectivity index (χ2v) is 5.11. The molecule has 0 heterocycles. The fraction of sp³-hybridized carbons (Fsp3) is 0.500. The van der Waals surface area contributed by atoms with Crippen LogP contribution in [0, 0.1) is 12.3 Å². The third-order valence-electron chi connectivity index (χ3n) is 3.48. The normalized spacial score (nSPS) is 21.9. The minimum atomic E-state index is -0.379. The van der Waals surface area contributed by atoms with Crippen LogP contribution in [0.4, 0.5) is 0 Å². The molecule has 1 saturated carbocycles. The molecule has 1 fully saturated rings. The zero-order chi connectivity index (χ0) is 12.6. The molecule has 1 aromatic rings. The zero-order valence-electron chi connectivity index (χ0n) is 10.7. The molecule has 17 heavy (non-hydrogen) atoms. The van der Waals surface area contributed by atoms with Gasteiger partial charge in [-0.2, -0.15) is 0 Å². The molecule has 1 aliphatic carbocycles. The highest BCUT2D eigenvalue weighted by molar-refractivity contribution is 5.91. The highest BCUT2D eigenvalue weighted by Gasteiger charge is 2.49. The van der Waals surface area contributed by atoms with Crippen LogP contribution in [-0.4, -0.2) is 19.0 Å². The molecule has 0 saturated heterocycles. The van der Waals surface area contributed by atoms with Gasteiger partial charge in [-0.15, -0.1) is 0 Å². The van der Waals surface area contributed by atoms with Crippen molar-refractivity contribution in [2.75, 3.05) is 7.11 Å². The highest BCUT2D eigenvalue weighted by atomic mass is 16.5. The number of ketones is 1. The van der Waals surface area contributed by atoms with E-state index in [1.54, 1.807) is 7.11 Å². The fourth-order valence-corrected chi connectivity index (χ4v) is 1.95. The van der Waals surface area contributed by atoms with Gasteiger partial charge in [0.1, 0.15) is 11.9 Å². The lowest BCUT2D eigenvalue weighted by atomic mass is 9.68. The Hall–Kier alpha value is -1.51. The van der Waals surface area contributed by atoms with Crippen LogP contribution in [0.5, 0.6) is 11.5 Å². The van der Waals surface area contributed by atoms with Gasteiger partial charge in [0.15, 0.2) is 11.5 Å². The van der Waals surface area contributed by atoms with Crippen molar-refractivity contribution in [1.29, 1.82) is 0 Å². The molecule has 1 atom stereocenters. The molecule has 0 amide bonds. The van der Waals surface area contributed by atoms with Crippen LogP contribution in [0.25, 0.3) is 0 Å². The average molecular weight is 234 g/mol. The van der Waals surface area contributed by atoms with Crippen molar-refractivity contribution in [2.24, 2.45) is 5.41 Å². The van der Waals surface area contributed by atoms with Crippen molar-refractivity contribution in [3.63, 3.8) is 0 Å². The summed E-state index contributed by atoms with van der Waals surface area (Å²) >= 11 is 0. The summed E-state index contributed by atoms with van der Waals surface area (Å²) in [5.74, 6) is 1.69. The van der Waals surface area contributed by atoms with Gasteiger partial charge in [0.25, 0.3) is 0 Å². The summed E-state index contributed by atoms with van der Waals surface area (Å²) < 4.78 is 11.1. The monoisotopic (exact) mass is 234 g/mol. The summed E-state index contributed by atoms with van der Waals surface area (Å²) in [6, 6.07) is 5.81. The minimum absolute atomic E-state index is 0.0494. The molecule has 1 aliphatic rings. The predicted molar refractivity (Wildman–Crippen MR) is 65.6 cm³/mol. The minimum Gasteiger partial charge on any atom is -0.493 e. The Labute approximate surface area is 102 Å². The van der Waals surface area contributed by atoms with E-state index in [9.17, 15) is 4.79 Å². The summed E-state index contributed by atoms with van der Waals surface area (Å²) in [5, 5.41) is 0. The Balaban J connectivity index is 2.17. The zero-order valence-corrected chi connectivity index (χ0v) is 10.7. The first-order chi connectivity index (χ1) is 7.95. The maximum atomic E-state index is 11.5. The van der Waals surface area contributed by atoms with Gasteiger partial charge in [0.2, 0.25) is 0 Å². The van der Waals surface area contributed by atoms with E-state index in [4.69, 9.17) is 9.47 Å². The van der Waals surface area contributed by atoms with Crippen LogP contribution in [0.1, 0.15) is 25.8 Å². The molecule has 0 aliphatic heterocycles. The molecule has 0 N–H and O–H groups in total. The first-order valence-electron chi connectivity index (χ1n) is 5.79. The van der Waals surface area contributed by atoms with Gasteiger partial charge in [0, 0.05) is 6.42 Å². The first kappa shape index (κ1) is 12.0. The van der Waals surface area contributed by atoms with Crippen molar-refractivity contribution < 1.29 is 14.3 Å². The number of hydrogen-bond acceptors (Lipinski definition) is 3. The third-order valence-corrected chi connectivity index (χ3v) is 3.48. The Kier molecular flexibility index (Phi) is 2.86. The van der Waals surface area contributed by atoms with E-state index < -0.39 is 0 Å². The van der Waals surface area contributed by atoms with E-state index in [1.807, 2.05) is 39.0 Å². The SMILES string of the molecule is COc1cc(C)ccc1OC1CC(=O)C1(C)C. The Bertz CT molecular complexity index is 449. The predicted octanol–water partition coefficient (Wildman–Crippen LogP) is 2.75. The van der Waals surface area contributed by atoms with Gasteiger partial charge in [-0.25, -0.2) is 0 Å². The quantitative estimate of drug-likeness (QED) is 0.806. The molecule has 1 aromatic carbocycles. The van der Waals surface area contributed by atoms with E-state index in [1.165, 1.54) is 0 Å². The van der Waals surface area contributed by atoms with E-state index in [2.05, 4.69) is 0 Å². The van der Waals surface area contributed by atoms with Crippen molar-refractivity contribution in [1.82, 2.24) is 0 Å². The fourth-order valence-electron chi connectivity index (χ4n) is 1.95. The van der Waals surface area contributed by atoms with Crippen LogP contribution in [-0.2, 0) is 4.79 Å². The first-order valence-corrected chi connectivity index (χ1v) is 5.79. The van der Waals surface area contributed by atoms with Crippen molar-refractivity contribution >= 4 is 5.78 Å². The van der Waals surface area contributed by atoms with Crippen molar-refractivity contribution in [3.8, 4) is 11.5 Å². The molecule has 2 rings (SSSR count). The number of benzene rings is 1. The van der Waals surface area contributed by atoms with E-state index in [-0.39, 0.29) is 17.3 Å². The smallest absolute Gasteiger partial charge is 0.161 e. The topological polar surface area (TPSA) is 35.5 Å². The lowest BCUT2D eigenvalue weighted by Gasteiger charge is -2.42. The number of rotatable bonds is 3. The summed E-state index contributed by atoms with van der Waals surface area (Å²) in [6.45, 7) is 5.84. The van der Waals surface area contributed by atoms with Crippen LogP contribution < -0.4 is 9.47 Å². The van der Waals surface area contributed by atoms with Crippen LogP contribution in [0.3, 0.4) is 0 Å². The number of hydrogen-bond donors (Lipinski definition) is 0. The summed E-state index contributed by atoms with van der Waals surface area (Å²) in [5.41, 5.74) is 0.744. The summed E-state index contributed by atoms with van der Waals surface area (Å²) in [4.78, 5) is 11.5. The molecule has 1 unspecified atom stereocenters. The van der Waals surface area contributed by atoms with Gasteiger partial charge in [-0.3, -0.25) is 4.79 Å². The van der Waals surface area contributed by atoms with Crippen LogP contribution >= 0.6 is 0 Å². The largest absolute Gasteiger partial charge is 0.493 e. The van der Waals surface area contributed by atoms with Crippen molar-refractivity contribution in [2.45, 2.75) is 33.3 Å². The van der Waals surface area contributed by atoms with E-state index in [0.29, 0.717) is 12.2 Å². The second kappa shape index (κ2) is 4.06. The van der Waals surface area contributed by atoms with Crippen molar-refractivity contribution in [3.05, 3.63) is 23.8 Å². The molecule has 3 nitrogen and oxygen atoms in total. The van der Waals surface area contributed by atoms with Crippen LogP contribution in [0.2, 0.25) is 0 Å². The Morgan fingerprint density at radius 1 is 1.29 bits per heavy atom. The number of carbonyl (C=O) groups excluding carboxylic acids is 1. The average Bonchev–Trinajstić information content (AvgIpc) is 2.30. The van der Waals surface area contributed by atoms with Gasteiger partial charge < -0.3 is 9.47 Å². The molecule has 0 aromatic heterocycles. The lowest BCUT2D eigenvalue weighted by molar-refractivity contribution is -0.148. The summed E-state index contributed by atoms with van der Waals surface area (Å²) in [6.07, 6.45) is 0.441. The molecular formula is C14H18O3. The Morgan fingerprint density at radius 3 is 2.53 bits per heavy atom. The Morgan fingerprint density at radius 2 is 2.00 bits per heavy atom. The van der Waals surface area contributed by atoms with Gasteiger partial charge in [-0.05, 0) is 38.5 Å². The number of carbonyl (C=O) groups is 1. The number of Topliss-reactive ketones (excluding diaryl/α,β-unsaturated/α-hetero) is 1. The van der Waals surface area contributed by atoms with E-state index >= 15 is 0 Å². The maximum Gasteiger partial charge on any atom is 0.161 e. The molecule has 0 radical (unpaired) electrons. The molecule has 0 spiro atoms. The number of aryl methyl sites for hydroxylation is 1. The third kappa shape index (κ3) is 2.02. The van der Waals surface area contributed by atoms with Crippen LogP contribution in [0.15, 0.2) is 18.2 Å². The molecular weight excluding hydrogens is 216 g/mol. The van der Waals surface area contributed by atoms with Gasteiger partial charge >= 0.3 is 0 Å². The molecule has 3 heteroatoms. The molecule has 92 valence electrons. The molecule has 0 bridgehead atoms. The van der Waals surface area contributed by atoms with E-state index in [0.717, 1.165) is 11.3 Å². The number of methoxy groups -OCH3 is 1.